The SMILES string of the molecule is [C-]#[N+]C(=C=[N-])C1=C(/C=C2\C=CN(CCCCCCCCCCCC)c3cc(I)ccc32)C(=O)/C1=C\c1cc[n+](CCCCCCCCCCCC)c2cc(I)ccc12. The zero-order valence-electron chi connectivity index (χ0n) is 34.9. The van der Waals surface area contributed by atoms with Gasteiger partial charge in [-0.05, 0) is 112 Å². The summed E-state index contributed by atoms with van der Waals surface area (Å²) < 4.78 is 4.65. The van der Waals surface area contributed by atoms with Crippen LogP contribution >= 0.6 is 45.2 Å². The van der Waals surface area contributed by atoms with Crippen molar-refractivity contribution in [3.05, 3.63) is 125 Å². The number of pyridine rings is 1. The first-order chi connectivity index (χ1) is 28.4. The van der Waals surface area contributed by atoms with Gasteiger partial charge in [-0.25, -0.2) is 4.85 Å². The van der Waals surface area contributed by atoms with E-state index in [0.29, 0.717) is 16.7 Å². The van der Waals surface area contributed by atoms with Gasteiger partial charge in [0, 0.05) is 66.4 Å². The second-order valence-corrected chi connectivity index (χ2v) is 18.5. The van der Waals surface area contributed by atoms with Crippen LogP contribution in [-0.4, -0.2) is 18.2 Å². The Hall–Kier alpha value is -3.32. The summed E-state index contributed by atoms with van der Waals surface area (Å²) in [6.07, 6.45) is 36.2. The van der Waals surface area contributed by atoms with Gasteiger partial charge in [0.1, 0.15) is 6.54 Å². The molecule has 2 aliphatic rings. The summed E-state index contributed by atoms with van der Waals surface area (Å²) >= 11 is 4.73. The molecule has 0 radical (unpaired) electrons. The molecule has 0 spiro atoms. The van der Waals surface area contributed by atoms with E-state index in [1.54, 1.807) is 0 Å². The van der Waals surface area contributed by atoms with Crippen molar-refractivity contribution in [3.8, 4) is 0 Å². The van der Waals surface area contributed by atoms with Crippen LogP contribution in [0.15, 0.2) is 89.4 Å². The summed E-state index contributed by atoms with van der Waals surface area (Å²) in [6, 6.07) is 15.0. The lowest BCUT2D eigenvalue weighted by atomic mass is 9.77. The Morgan fingerprint density at radius 2 is 1.36 bits per heavy atom. The molecule has 0 fully saturated rings. The number of allylic oxidation sites excluding steroid dienone is 5. The zero-order valence-corrected chi connectivity index (χ0v) is 39.3. The van der Waals surface area contributed by atoms with Gasteiger partial charge in [0.2, 0.25) is 11.2 Å². The third kappa shape index (κ3) is 12.8. The third-order valence-corrected chi connectivity index (χ3v) is 13.0. The van der Waals surface area contributed by atoms with Crippen LogP contribution in [0.25, 0.3) is 32.8 Å². The lowest BCUT2D eigenvalue weighted by Gasteiger charge is -2.29. The maximum atomic E-state index is 14.1. The normalized spacial score (nSPS) is 14.9. The summed E-state index contributed by atoms with van der Waals surface area (Å²) in [6.45, 7) is 14.3. The number of carbonyl (C=O) groups excluding carboxylic acids is 1. The van der Waals surface area contributed by atoms with Gasteiger partial charge in [-0.15, -0.1) is 0 Å². The van der Waals surface area contributed by atoms with Crippen LogP contribution in [0.2, 0.25) is 0 Å². The van der Waals surface area contributed by atoms with E-state index in [2.05, 4.69) is 140 Å². The molecule has 0 amide bonds. The van der Waals surface area contributed by atoms with E-state index in [-0.39, 0.29) is 11.5 Å². The molecule has 2 heterocycles. The number of Topliss-reactive ketones (excluding diaryl/α,β-unsaturated/α-hetero) is 1. The average Bonchev–Trinajstić information content (AvgIpc) is 3.23. The van der Waals surface area contributed by atoms with Crippen LogP contribution < -0.4 is 9.47 Å². The Kier molecular flexibility index (Phi) is 19.5. The van der Waals surface area contributed by atoms with E-state index in [9.17, 15) is 10.2 Å². The average molecular weight is 1000 g/mol. The molecular weight excluding hydrogens is 938 g/mol. The van der Waals surface area contributed by atoms with E-state index in [1.165, 1.54) is 116 Å². The molecule has 1 aromatic heterocycles. The van der Waals surface area contributed by atoms with Crippen molar-refractivity contribution in [2.45, 2.75) is 149 Å². The summed E-state index contributed by atoms with van der Waals surface area (Å²) in [5.41, 5.74) is 6.41. The fraction of sp³-hybridized carbons (Fsp3) is 0.471. The number of fused-ring (bicyclic) bond motifs is 2. The van der Waals surface area contributed by atoms with Crippen LogP contribution in [0.5, 0.6) is 0 Å². The number of aryl methyl sites for hydroxylation is 1. The number of benzene rings is 2. The molecule has 3 aromatic rings. The molecule has 306 valence electrons. The predicted octanol–water partition coefficient (Wildman–Crippen LogP) is 14.9. The van der Waals surface area contributed by atoms with E-state index < -0.39 is 0 Å². The first-order valence-corrected chi connectivity index (χ1v) is 24.3. The fourth-order valence-electron chi connectivity index (χ4n) is 8.27. The fourth-order valence-corrected chi connectivity index (χ4v) is 9.22. The summed E-state index contributed by atoms with van der Waals surface area (Å²) in [7, 11) is 0. The monoisotopic (exact) mass is 1000 g/mol. The molecule has 0 bridgehead atoms. The van der Waals surface area contributed by atoms with Gasteiger partial charge < -0.3 is 10.3 Å². The minimum absolute atomic E-state index is 0.0475. The second-order valence-electron chi connectivity index (χ2n) is 16.0. The molecule has 7 heteroatoms. The van der Waals surface area contributed by atoms with Crippen LogP contribution in [0.4, 0.5) is 5.69 Å². The number of ketones is 1. The number of anilines is 1. The third-order valence-electron chi connectivity index (χ3n) is 11.6. The van der Waals surface area contributed by atoms with Crippen molar-refractivity contribution in [1.29, 1.82) is 0 Å². The Morgan fingerprint density at radius 3 is 1.98 bits per heavy atom. The number of carbonyl (C=O) groups is 1. The number of halogens is 2. The molecule has 0 N–H and O–H groups in total. The van der Waals surface area contributed by atoms with Crippen LogP contribution in [0.3, 0.4) is 0 Å². The quantitative estimate of drug-likeness (QED) is 0.0212. The highest BCUT2D eigenvalue weighted by molar-refractivity contribution is 14.1. The van der Waals surface area contributed by atoms with Crippen molar-refractivity contribution >= 4 is 85.1 Å². The molecule has 1 aliphatic heterocycles. The van der Waals surface area contributed by atoms with Crippen molar-refractivity contribution < 1.29 is 9.36 Å². The van der Waals surface area contributed by atoms with Gasteiger partial charge in [-0.2, -0.15) is 4.57 Å². The molecule has 0 unspecified atom stereocenters. The Balaban J connectivity index is 1.31. The Labute approximate surface area is 376 Å². The Morgan fingerprint density at radius 1 is 0.776 bits per heavy atom. The van der Waals surface area contributed by atoms with E-state index >= 15 is 0 Å². The number of rotatable bonds is 25. The van der Waals surface area contributed by atoms with E-state index in [4.69, 9.17) is 6.57 Å². The van der Waals surface area contributed by atoms with Crippen molar-refractivity contribution in [3.63, 3.8) is 0 Å². The molecular formula is C51H62I2N4O. The maximum Gasteiger partial charge on any atom is 0.214 e. The molecule has 2 aromatic carbocycles. The molecule has 0 saturated carbocycles. The minimum Gasteiger partial charge on any atom is -0.775 e. The van der Waals surface area contributed by atoms with E-state index in [1.807, 2.05) is 12.2 Å². The lowest BCUT2D eigenvalue weighted by Crippen LogP contribution is -2.34. The summed E-state index contributed by atoms with van der Waals surface area (Å²) in [5.74, 6) is 1.97. The topological polar surface area (TPSA) is 50.9 Å². The first-order valence-electron chi connectivity index (χ1n) is 22.1. The van der Waals surface area contributed by atoms with Gasteiger partial charge in [-0.1, -0.05) is 129 Å². The second kappa shape index (κ2) is 24.7. The highest BCUT2D eigenvalue weighted by Gasteiger charge is 2.35. The van der Waals surface area contributed by atoms with Crippen molar-refractivity contribution in [2.75, 3.05) is 11.4 Å². The predicted molar refractivity (Wildman–Crippen MR) is 263 cm³/mol. The van der Waals surface area contributed by atoms with Gasteiger partial charge in [0.05, 0.1) is 12.0 Å². The van der Waals surface area contributed by atoms with Gasteiger partial charge >= 0.3 is 0 Å². The van der Waals surface area contributed by atoms with Crippen LogP contribution in [0, 0.1) is 13.7 Å². The first kappa shape index (κ1) is 45.8. The maximum absolute atomic E-state index is 14.1. The van der Waals surface area contributed by atoms with Gasteiger partial charge in [0.15, 0.2) is 12.0 Å². The molecule has 0 atom stereocenters. The van der Waals surface area contributed by atoms with Gasteiger partial charge in [0.25, 0.3) is 0 Å². The van der Waals surface area contributed by atoms with Crippen molar-refractivity contribution in [2.24, 2.45) is 0 Å². The zero-order chi connectivity index (χ0) is 41.1. The van der Waals surface area contributed by atoms with Gasteiger partial charge in [-0.3, -0.25) is 10.7 Å². The highest BCUT2D eigenvalue weighted by atomic mass is 127. The number of nitrogens with zero attached hydrogens (tertiary/aromatic N) is 4. The standard InChI is InChI=1S/C51H62I2N4O/c1-4-6-8-10-12-14-16-18-20-22-30-56-32-28-39(43-26-24-41(52)36-48(43)56)34-45-50(47(38-54)55-3)46(51(45)58)35-40-29-33-57(49-37-42(53)25-27-44(40)49)31-23-21-19-17-15-13-11-9-7-5-2/h24-29,32-37H,4-23,30-31H2,1-2H3. The lowest BCUT2D eigenvalue weighted by molar-refractivity contribution is -0.671. The smallest absolute Gasteiger partial charge is 0.214 e. The van der Waals surface area contributed by atoms with Crippen LogP contribution in [0.1, 0.15) is 153 Å². The minimum atomic E-state index is -0.132. The molecule has 5 rings (SSSR count). The molecule has 5 nitrogen and oxygen atoms in total. The number of aromatic nitrogens is 1. The number of unbranched alkanes of at least 4 members (excludes halogenated alkanes) is 18. The molecule has 1 aliphatic carbocycles. The number of hydrogen-bond donors (Lipinski definition) is 0. The molecule has 0 saturated heterocycles. The van der Waals surface area contributed by atoms with Crippen LogP contribution in [-0.2, 0) is 11.3 Å². The highest BCUT2D eigenvalue weighted by Crippen LogP contribution is 2.42. The summed E-state index contributed by atoms with van der Waals surface area (Å²) in [5, 5.41) is 11.1. The molecule has 58 heavy (non-hydrogen) atoms. The van der Waals surface area contributed by atoms with Crippen molar-refractivity contribution in [1.82, 2.24) is 0 Å². The largest absolute Gasteiger partial charge is 0.775 e. The Bertz CT molecular complexity index is 2090. The number of hydrogen-bond acceptors (Lipinski definition) is 2. The summed E-state index contributed by atoms with van der Waals surface area (Å²) in [4.78, 5) is 20.0. The van der Waals surface area contributed by atoms with E-state index in [0.717, 1.165) is 66.4 Å².